The summed E-state index contributed by atoms with van der Waals surface area (Å²) in [7, 11) is 0.411. The number of carbonyl (C=O) groups excluding carboxylic acids is 3. The van der Waals surface area contributed by atoms with Crippen molar-refractivity contribution >= 4 is 39.0 Å². The highest BCUT2D eigenvalue weighted by atomic mass is 32.2. The lowest BCUT2D eigenvalue weighted by Gasteiger charge is -2.48. The average Bonchev–Trinajstić information content (AvgIpc) is 3.82. The zero-order valence-electron chi connectivity index (χ0n) is 32.8. The van der Waals surface area contributed by atoms with E-state index in [0.29, 0.717) is 64.9 Å². The number of carbonyl (C=O) groups is 3. The number of methoxy groups -OCH3 is 1. The number of nitrogens with one attached hydrogen (secondary N) is 1. The van der Waals surface area contributed by atoms with Crippen LogP contribution in [0.5, 0.6) is 5.75 Å². The van der Waals surface area contributed by atoms with Gasteiger partial charge in [0, 0.05) is 87.2 Å². The lowest BCUT2D eigenvalue weighted by Crippen LogP contribution is -2.49. The number of amides is 4. The molecule has 6 fully saturated rings. The molecule has 0 bridgehead atoms. The third-order valence-corrected chi connectivity index (χ3v) is 15.6. The van der Waals surface area contributed by atoms with Crippen molar-refractivity contribution in [3.63, 3.8) is 0 Å². The molecule has 14 heteroatoms. The summed E-state index contributed by atoms with van der Waals surface area (Å²) in [4.78, 5) is 48.1. The van der Waals surface area contributed by atoms with Crippen LogP contribution in [0, 0.1) is 16.2 Å². The van der Waals surface area contributed by atoms with Crippen molar-refractivity contribution in [3.05, 3.63) is 53.6 Å². The lowest BCUT2D eigenvalue weighted by atomic mass is 9.53. The van der Waals surface area contributed by atoms with Crippen LogP contribution in [0.15, 0.2) is 42.5 Å². The Hall–Kier alpha value is -4.14. The number of ether oxygens (including phenoxy) is 2. The van der Waals surface area contributed by atoms with E-state index in [4.69, 9.17) is 9.47 Å². The van der Waals surface area contributed by atoms with Gasteiger partial charge in [0.05, 0.1) is 31.4 Å². The topological polar surface area (TPSA) is 134 Å². The minimum Gasteiger partial charge on any atom is -0.497 e. The van der Waals surface area contributed by atoms with Gasteiger partial charge in [-0.15, -0.1) is 0 Å². The number of hydrogen-bond donors (Lipinski definition) is 1. The van der Waals surface area contributed by atoms with Gasteiger partial charge in [0.1, 0.15) is 5.75 Å². The SMILES string of the molecule is COc1ccc(-c2c(C3CCCCC3)c3ccc(C(=O)NS(=O)(=O)N(C)C)cc3n2CC2(C(=O)N3CC45CCC4(CN(C(=O)N4CCOCC4)C5)C3)CC2)cc1. The van der Waals surface area contributed by atoms with E-state index >= 15 is 0 Å². The molecule has 2 aromatic carbocycles. The smallest absolute Gasteiger partial charge is 0.320 e. The molecular formula is C42H54N6O7S. The van der Waals surface area contributed by atoms with Crippen LogP contribution in [0.2, 0.25) is 0 Å². The van der Waals surface area contributed by atoms with Crippen molar-refractivity contribution in [1.29, 1.82) is 0 Å². The van der Waals surface area contributed by atoms with Gasteiger partial charge in [0.2, 0.25) is 5.91 Å². The highest BCUT2D eigenvalue weighted by Gasteiger charge is 2.71. The van der Waals surface area contributed by atoms with Crippen molar-refractivity contribution in [3.8, 4) is 17.0 Å². The summed E-state index contributed by atoms with van der Waals surface area (Å²) >= 11 is 0. The van der Waals surface area contributed by atoms with Crippen LogP contribution >= 0.6 is 0 Å². The van der Waals surface area contributed by atoms with Gasteiger partial charge in [-0.3, -0.25) is 9.59 Å². The molecule has 2 unspecified atom stereocenters. The molecule has 1 aromatic heterocycles. The van der Waals surface area contributed by atoms with Crippen LogP contribution in [-0.2, 0) is 26.3 Å². The number of aromatic nitrogens is 1. The zero-order valence-corrected chi connectivity index (χ0v) is 33.7. The molecule has 1 N–H and O–H groups in total. The predicted molar refractivity (Wildman–Crippen MR) is 212 cm³/mol. The Kier molecular flexibility index (Phi) is 9.20. The number of fused-ring (bicyclic) bond motifs is 1. The molecule has 3 saturated carbocycles. The minimum absolute atomic E-state index is 0.0571. The molecule has 2 atom stereocenters. The molecule has 4 heterocycles. The standard InChI is InChI=1S/C42H54N6O7S/c1-44(2)56(52,53)43-37(49)31-11-14-33-34(23-31)48(36(30-9-12-32(54-3)13-10-30)35(33)29-7-5-4-6-8-29)24-40(15-16-40)38(50)46-25-41-17-18-42(41,26-46)28-47(27-41)39(51)45-19-21-55-22-20-45/h9-14,23,29H,4-8,15-22,24-28H2,1-3H3,(H,43,49). The first kappa shape index (κ1) is 37.4. The van der Waals surface area contributed by atoms with Crippen LogP contribution < -0.4 is 9.46 Å². The van der Waals surface area contributed by atoms with E-state index in [0.717, 1.165) is 83.6 Å². The van der Waals surface area contributed by atoms with Crippen LogP contribution in [0.3, 0.4) is 0 Å². The molecule has 0 radical (unpaired) electrons. The first-order chi connectivity index (χ1) is 26.9. The highest BCUT2D eigenvalue weighted by molar-refractivity contribution is 7.87. The quantitative estimate of drug-likeness (QED) is 0.321. The second-order valence-corrected chi connectivity index (χ2v) is 19.5. The van der Waals surface area contributed by atoms with Gasteiger partial charge in [0.25, 0.3) is 5.91 Å². The molecule has 3 saturated heterocycles. The average molecular weight is 787 g/mol. The summed E-state index contributed by atoms with van der Waals surface area (Å²) in [5, 5.41) is 1.04. The van der Waals surface area contributed by atoms with Gasteiger partial charge in [0.15, 0.2) is 0 Å². The van der Waals surface area contributed by atoms with E-state index < -0.39 is 21.5 Å². The Morgan fingerprint density at radius 2 is 1.50 bits per heavy atom. The fraction of sp³-hybridized carbons (Fsp3) is 0.595. The maximum absolute atomic E-state index is 15.0. The molecule has 3 aliphatic carbocycles. The molecule has 300 valence electrons. The van der Waals surface area contributed by atoms with E-state index in [9.17, 15) is 22.8 Å². The van der Waals surface area contributed by atoms with Crippen molar-refractivity contribution in [1.82, 2.24) is 28.3 Å². The molecule has 56 heavy (non-hydrogen) atoms. The summed E-state index contributed by atoms with van der Waals surface area (Å²) < 4.78 is 41.9. The van der Waals surface area contributed by atoms with Gasteiger partial charge >= 0.3 is 16.2 Å². The third kappa shape index (κ3) is 6.09. The normalized spacial score (nSPS) is 25.9. The van der Waals surface area contributed by atoms with E-state index in [-0.39, 0.29) is 28.3 Å². The molecule has 3 aliphatic heterocycles. The van der Waals surface area contributed by atoms with Crippen LogP contribution in [-0.4, -0.2) is 124 Å². The van der Waals surface area contributed by atoms with Gasteiger partial charge < -0.3 is 28.7 Å². The number of urea groups is 1. The molecule has 13 nitrogen and oxygen atoms in total. The van der Waals surface area contributed by atoms with Crippen molar-refractivity contribution in [2.24, 2.45) is 16.2 Å². The Morgan fingerprint density at radius 1 is 0.857 bits per heavy atom. The number of benzene rings is 2. The number of morpholine rings is 1. The van der Waals surface area contributed by atoms with E-state index in [1.54, 1.807) is 13.2 Å². The summed E-state index contributed by atoms with van der Waals surface area (Å²) in [6.07, 6.45) is 9.18. The molecule has 3 aromatic rings. The fourth-order valence-electron chi connectivity index (χ4n) is 10.8. The van der Waals surface area contributed by atoms with Gasteiger partial charge in [-0.2, -0.15) is 12.7 Å². The van der Waals surface area contributed by atoms with Gasteiger partial charge in [-0.25, -0.2) is 9.52 Å². The fourth-order valence-corrected chi connectivity index (χ4v) is 11.3. The maximum Gasteiger partial charge on any atom is 0.320 e. The number of hydrogen-bond acceptors (Lipinski definition) is 7. The summed E-state index contributed by atoms with van der Waals surface area (Å²) in [5.74, 6) is 0.545. The summed E-state index contributed by atoms with van der Waals surface area (Å²) in [6.45, 7) is 5.60. The first-order valence-corrected chi connectivity index (χ1v) is 21.8. The first-order valence-electron chi connectivity index (χ1n) is 20.3. The zero-order chi connectivity index (χ0) is 39.0. The second kappa shape index (κ2) is 13.8. The maximum atomic E-state index is 15.0. The van der Waals surface area contributed by atoms with Crippen molar-refractivity contribution in [2.75, 3.05) is 73.7 Å². The lowest BCUT2D eigenvalue weighted by molar-refractivity contribution is -0.137. The molecule has 6 aliphatic rings. The van der Waals surface area contributed by atoms with Crippen LogP contribution in [0.4, 0.5) is 4.79 Å². The summed E-state index contributed by atoms with van der Waals surface area (Å²) in [5.41, 5.74) is 3.67. The Morgan fingerprint density at radius 3 is 2.09 bits per heavy atom. The highest BCUT2D eigenvalue weighted by Crippen LogP contribution is 2.66. The largest absolute Gasteiger partial charge is 0.497 e. The molecular weight excluding hydrogens is 733 g/mol. The number of nitrogens with zero attached hydrogens (tertiary/aromatic N) is 5. The number of rotatable bonds is 9. The van der Waals surface area contributed by atoms with Crippen LogP contribution in [0.1, 0.15) is 79.6 Å². The Bertz CT molecular complexity index is 2150. The molecule has 0 spiro atoms. The monoisotopic (exact) mass is 786 g/mol. The van der Waals surface area contributed by atoms with Gasteiger partial charge in [-0.05, 0) is 92.0 Å². The summed E-state index contributed by atoms with van der Waals surface area (Å²) in [6, 6.07) is 13.7. The third-order valence-electron chi connectivity index (χ3n) is 14.2. The minimum atomic E-state index is -4.01. The van der Waals surface area contributed by atoms with Gasteiger partial charge in [-0.1, -0.05) is 25.3 Å². The molecule has 4 amide bonds. The number of likely N-dealkylation sites (tertiary alicyclic amines) is 2. The second-order valence-electron chi connectivity index (χ2n) is 17.6. The molecule has 9 rings (SSSR count). The van der Waals surface area contributed by atoms with Crippen molar-refractivity contribution < 1.29 is 32.3 Å². The van der Waals surface area contributed by atoms with Crippen LogP contribution in [0.25, 0.3) is 22.2 Å². The Balaban J connectivity index is 1.07. The van der Waals surface area contributed by atoms with E-state index in [1.807, 2.05) is 34.1 Å². The van der Waals surface area contributed by atoms with E-state index in [1.165, 1.54) is 26.1 Å². The predicted octanol–water partition coefficient (Wildman–Crippen LogP) is 5.06. The van der Waals surface area contributed by atoms with Crippen molar-refractivity contribution in [2.45, 2.75) is 70.3 Å². The Labute approximate surface area is 329 Å². The van der Waals surface area contributed by atoms with E-state index in [2.05, 4.69) is 26.3 Å².